The molecule has 0 aromatic heterocycles. The molecule has 0 N–H and O–H groups in total. The first kappa shape index (κ1) is 27.9. The molecule has 0 aliphatic rings. The Morgan fingerprint density at radius 3 is 0.634 bits per heavy atom. The van der Waals surface area contributed by atoms with Crippen molar-refractivity contribution in [3.63, 3.8) is 0 Å². The summed E-state index contributed by atoms with van der Waals surface area (Å²) in [6, 6.07) is 69.0. The standard InChI is InChI=1S/2C18H15P.C2H4.Pd/c2*1-4-10-16(11-5-1)19(17-12-6-2-7-13-17)18-14-8-3-9-15-18;1-2;/h2*1-15H;1H,2H3;/q;;;-2/p+2. The van der Waals surface area contributed by atoms with Gasteiger partial charge >= 0.3 is 251 Å². The normalized spacial score (nSPS) is 12.8. The van der Waals surface area contributed by atoms with E-state index in [4.69, 9.17) is 0 Å². The Labute approximate surface area is 250 Å². The van der Waals surface area contributed by atoms with Gasteiger partial charge in [-0.1, -0.05) is 0 Å². The van der Waals surface area contributed by atoms with Gasteiger partial charge in [0.25, 0.3) is 0 Å². The van der Waals surface area contributed by atoms with E-state index < -0.39 is 26.2 Å². The third kappa shape index (κ3) is 4.93. The summed E-state index contributed by atoms with van der Waals surface area (Å²) in [5.74, 6) is 0. The molecule has 0 spiro atoms. The van der Waals surface area contributed by atoms with Crippen molar-refractivity contribution in [2.24, 2.45) is 0 Å². The van der Waals surface area contributed by atoms with E-state index >= 15 is 0 Å². The summed E-state index contributed by atoms with van der Waals surface area (Å²) in [5.41, 5.74) is -5.23. The van der Waals surface area contributed by atoms with Gasteiger partial charge in [-0.3, -0.25) is 0 Å². The fraction of sp³-hybridized carbons (Fsp3) is 0.0263. The molecule has 0 aliphatic heterocycles. The van der Waals surface area contributed by atoms with Crippen LogP contribution in [0.4, 0.5) is 0 Å². The van der Waals surface area contributed by atoms with Gasteiger partial charge in [0.1, 0.15) is 0 Å². The Morgan fingerprint density at radius 1 is 0.317 bits per heavy atom. The van der Waals surface area contributed by atoms with Crippen LogP contribution in [0.2, 0.25) is 0 Å². The van der Waals surface area contributed by atoms with Crippen LogP contribution in [0.5, 0.6) is 0 Å². The van der Waals surface area contributed by atoms with Gasteiger partial charge in [-0.15, -0.1) is 0 Å². The second-order valence-electron chi connectivity index (χ2n) is 9.86. The van der Waals surface area contributed by atoms with Crippen LogP contribution in [0.1, 0.15) is 6.92 Å². The van der Waals surface area contributed by atoms with Gasteiger partial charge in [0.2, 0.25) is 0 Å². The summed E-state index contributed by atoms with van der Waals surface area (Å²) >= 11 is -1.57. The van der Waals surface area contributed by atoms with E-state index in [2.05, 4.69) is 193 Å². The molecular formula is C38H36P2Pd. The molecule has 0 radical (unpaired) electrons. The van der Waals surface area contributed by atoms with E-state index in [1.165, 1.54) is 31.8 Å². The number of benzene rings is 6. The van der Waals surface area contributed by atoms with Gasteiger partial charge in [0.15, 0.2) is 0 Å². The van der Waals surface area contributed by atoms with Crippen LogP contribution >= 0.6 is 10.9 Å². The van der Waals surface area contributed by atoms with Gasteiger partial charge < -0.3 is 0 Å². The summed E-state index contributed by atoms with van der Waals surface area (Å²) in [6.07, 6.45) is 0. The minimum absolute atomic E-state index is 1.50. The van der Waals surface area contributed by atoms with Gasteiger partial charge in [0.05, 0.1) is 0 Å². The fourth-order valence-electron chi connectivity index (χ4n) is 5.99. The van der Waals surface area contributed by atoms with Gasteiger partial charge in [-0.2, -0.15) is 0 Å². The average Bonchev–Trinajstić information content (AvgIpc) is 3.07. The molecule has 0 saturated carbocycles. The molecule has 6 aromatic carbocycles. The van der Waals surface area contributed by atoms with Crippen molar-refractivity contribution >= 4 is 47.2 Å². The fourth-order valence-corrected chi connectivity index (χ4v) is 49.9. The summed E-state index contributed by atoms with van der Waals surface area (Å²) in [6.45, 7) is 2.37. The summed E-state index contributed by atoms with van der Waals surface area (Å²) < 4.78 is 2.70. The Hall–Kier alpha value is -3.29. The van der Waals surface area contributed by atoms with Crippen molar-refractivity contribution in [3.05, 3.63) is 182 Å². The van der Waals surface area contributed by atoms with E-state index in [9.17, 15) is 0 Å². The zero-order valence-electron chi connectivity index (χ0n) is 23.2. The SMILES string of the molecule is C[CH]=[Pd]([PH](c1ccccc1)(c1ccccc1)c1ccccc1)[PH](c1ccccc1)(c1ccccc1)c1ccccc1. The molecule has 208 valence electrons. The van der Waals surface area contributed by atoms with Crippen molar-refractivity contribution in [2.75, 3.05) is 0 Å². The monoisotopic (exact) mass is 660 g/mol. The second kappa shape index (κ2) is 12.7. The van der Waals surface area contributed by atoms with Crippen LogP contribution in [-0.4, -0.2) is 4.49 Å². The Morgan fingerprint density at radius 2 is 0.488 bits per heavy atom. The van der Waals surface area contributed by atoms with E-state index in [-0.39, 0.29) is 0 Å². The summed E-state index contributed by atoms with van der Waals surface area (Å²) in [7, 11) is 0. The van der Waals surface area contributed by atoms with Crippen molar-refractivity contribution in [2.45, 2.75) is 6.92 Å². The molecule has 6 rings (SSSR count). The van der Waals surface area contributed by atoms with Crippen LogP contribution in [0.3, 0.4) is 0 Å². The second-order valence-corrected chi connectivity index (χ2v) is 30.9. The van der Waals surface area contributed by atoms with Crippen molar-refractivity contribution in [1.82, 2.24) is 0 Å². The van der Waals surface area contributed by atoms with Crippen LogP contribution in [0.25, 0.3) is 0 Å². The van der Waals surface area contributed by atoms with Crippen molar-refractivity contribution < 1.29 is 15.3 Å². The molecule has 3 heteroatoms. The van der Waals surface area contributed by atoms with Gasteiger partial charge in [-0.25, -0.2) is 0 Å². The predicted octanol–water partition coefficient (Wildman–Crippen LogP) is 6.71. The van der Waals surface area contributed by atoms with E-state index in [0.717, 1.165) is 0 Å². The number of hydrogen-bond acceptors (Lipinski definition) is 0. The molecule has 6 aromatic rings. The van der Waals surface area contributed by atoms with Crippen LogP contribution in [0.15, 0.2) is 182 Å². The van der Waals surface area contributed by atoms with E-state index in [0.29, 0.717) is 0 Å². The average molecular weight is 661 g/mol. The quantitative estimate of drug-likeness (QED) is 0.126. The Balaban J connectivity index is 1.86. The first-order valence-corrected chi connectivity index (χ1v) is 23.2. The van der Waals surface area contributed by atoms with E-state index in [1.807, 2.05) is 0 Å². The zero-order valence-corrected chi connectivity index (χ0v) is 26.8. The molecule has 41 heavy (non-hydrogen) atoms. The molecule has 0 unspecified atom stereocenters. The molecule has 0 saturated heterocycles. The first-order valence-electron chi connectivity index (χ1n) is 14.0. The molecule has 0 aliphatic carbocycles. The number of rotatable bonds is 8. The van der Waals surface area contributed by atoms with E-state index in [1.54, 1.807) is 0 Å². The maximum atomic E-state index is 2.70. The Bertz CT molecular complexity index is 1380. The minimum atomic E-state index is -2.61. The maximum absolute atomic E-state index is 2.70. The predicted molar refractivity (Wildman–Crippen MR) is 185 cm³/mol. The molecule has 0 atom stereocenters. The van der Waals surface area contributed by atoms with Crippen LogP contribution in [-0.2, 0) is 15.3 Å². The third-order valence-electron chi connectivity index (χ3n) is 7.62. The third-order valence-corrected chi connectivity index (χ3v) is 42.3. The molecule has 0 fully saturated rings. The van der Waals surface area contributed by atoms with Crippen molar-refractivity contribution in [3.8, 4) is 0 Å². The molecule has 0 heterocycles. The molecule has 0 bridgehead atoms. The molecule has 0 nitrogen and oxygen atoms in total. The summed E-state index contributed by atoms with van der Waals surface area (Å²) in [4.78, 5) is 0. The van der Waals surface area contributed by atoms with Crippen LogP contribution in [0, 0.1) is 0 Å². The zero-order chi connectivity index (χ0) is 28.0. The van der Waals surface area contributed by atoms with Gasteiger partial charge in [0, 0.05) is 0 Å². The van der Waals surface area contributed by atoms with Crippen molar-refractivity contribution in [1.29, 1.82) is 0 Å². The topological polar surface area (TPSA) is 0 Å². The van der Waals surface area contributed by atoms with Gasteiger partial charge in [-0.05, 0) is 0 Å². The molecule has 0 amide bonds. The number of hydrogen-bond donors (Lipinski definition) is 0. The van der Waals surface area contributed by atoms with Crippen LogP contribution < -0.4 is 31.8 Å². The summed E-state index contributed by atoms with van der Waals surface area (Å²) in [5, 5.41) is 8.98. The first-order chi connectivity index (χ1) is 20.3. The Kier molecular flexibility index (Phi) is 8.63. The molecular weight excluding hydrogens is 625 g/mol.